The molecule has 3 rings (SSSR count). The second-order valence-corrected chi connectivity index (χ2v) is 6.66. The van der Waals surface area contributed by atoms with Crippen molar-refractivity contribution >= 4 is 5.88 Å². The van der Waals surface area contributed by atoms with Crippen molar-refractivity contribution in [2.75, 3.05) is 25.1 Å². The summed E-state index contributed by atoms with van der Waals surface area (Å²) in [4.78, 5) is 6.41. The van der Waals surface area contributed by atoms with E-state index in [9.17, 15) is 5.26 Å². The van der Waals surface area contributed by atoms with E-state index in [0.717, 1.165) is 13.1 Å². The van der Waals surface area contributed by atoms with Gasteiger partial charge < -0.3 is 18.8 Å². The molecule has 6 heteroatoms. The van der Waals surface area contributed by atoms with Crippen molar-refractivity contribution < 1.29 is 13.9 Å². The van der Waals surface area contributed by atoms with Crippen LogP contribution in [-0.2, 0) is 6.61 Å². The summed E-state index contributed by atoms with van der Waals surface area (Å²) in [6.07, 6.45) is 1.19. The van der Waals surface area contributed by atoms with Gasteiger partial charge in [0.1, 0.15) is 6.07 Å². The molecule has 2 atom stereocenters. The molecule has 0 unspecified atom stereocenters. The van der Waals surface area contributed by atoms with Crippen LogP contribution >= 0.6 is 0 Å². The molecule has 0 aliphatic carbocycles. The van der Waals surface area contributed by atoms with Crippen LogP contribution in [0.5, 0.6) is 11.5 Å². The number of anilines is 1. The van der Waals surface area contributed by atoms with Gasteiger partial charge in [-0.15, -0.1) is 0 Å². The zero-order chi connectivity index (χ0) is 17.8. The van der Waals surface area contributed by atoms with Gasteiger partial charge in [0, 0.05) is 13.1 Å². The van der Waals surface area contributed by atoms with Gasteiger partial charge in [-0.05, 0) is 30.4 Å². The van der Waals surface area contributed by atoms with E-state index in [4.69, 9.17) is 13.9 Å². The Balaban J connectivity index is 1.75. The highest BCUT2D eigenvalue weighted by Gasteiger charge is 2.27. The minimum atomic E-state index is 0.147. The smallest absolute Gasteiger partial charge is 0.236 e. The molecule has 1 aliphatic heterocycles. The molecule has 1 aliphatic rings. The van der Waals surface area contributed by atoms with Crippen LogP contribution in [0.15, 0.2) is 28.7 Å². The van der Waals surface area contributed by atoms with Crippen molar-refractivity contribution in [1.29, 1.82) is 5.26 Å². The van der Waals surface area contributed by atoms with Gasteiger partial charge in [-0.25, -0.2) is 0 Å². The van der Waals surface area contributed by atoms with E-state index in [-0.39, 0.29) is 6.61 Å². The number of rotatable bonds is 5. The first-order valence-electron chi connectivity index (χ1n) is 8.51. The number of nitriles is 1. The van der Waals surface area contributed by atoms with E-state index in [0.29, 0.717) is 40.8 Å². The number of hydrogen-bond acceptors (Lipinski definition) is 6. The Morgan fingerprint density at radius 3 is 2.56 bits per heavy atom. The van der Waals surface area contributed by atoms with E-state index in [1.807, 2.05) is 24.3 Å². The van der Waals surface area contributed by atoms with Crippen LogP contribution in [0.3, 0.4) is 0 Å². The molecule has 0 bridgehead atoms. The van der Waals surface area contributed by atoms with Crippen LogP contribution in [0.2, 0.25) is 0 Å². The normalized spacial score (nSPS) is 20.2. The number of ether oxygens (including phenoxy) is 2. The maximum absolute atomic E-state index is 9.40. The zero-order valence-corrected chi connectivity index (χ0v) is 14.9. The Morgan fingerprint density at radius 1 is 1.24 bits per heavy atom. The first-order chi connectivity index (χ1) is 12.1. The van der Waals surface area contributed by atoms with Crippen LogP contribution in [0, 0.1) is 23.2 Å². The monoisotopic (exact) mass is 341 g/mol. The van der Waals surface area contributed by atoms with Crippen molar-refractivity contribution in [2.45, 2.75) is 26.9 Å². The van der Waals surface area contributed by atoms with Crippen LogP contribution < -0.4 is 14.4 Å². The molecule has 1 aromatic carbocycles. The molecule has 2 heterocycles. The average Bonchev–Trinajstić information content (AvgIpc) is 3.03. The highest BCUT2D eigenvalue weighted by atomic mass is 16.5. The summed E-state index contributed by atoms with van der Waals surface area (Å²) in [6.45, 7) is 6.34. The standard InChI is InChI=1S/C19H23N3O3/c1-13-8-14(2)11-22(10-13)19-15(9-20)21-18(25-19)12-24-17-7-5-4-6-16(17)23-3/h4-7,13-14H,8,10-12H2,1-3H3/t13-,14+. The number of aromatic nitrogens is 1. The first kappa shape index (κ1) is 17.2. The quantitative estimate of drug-likeness (QED) is 0.827. The Morgan fingerprint density at radius 2 is 1.92 bits per heavy atom. The summed E-state index contributed by atoms with van der Waals surface area (Å²) in [6, 6.07) is 9.53. The molecule has 0 spiro atoms. The Kier molecular flexibility index (Phi) is 5.13. The molecule has 0 N–H and O–H groups in total. The third-order valence-corrected chi connectivity index (χ3v) is 4.34. The van der Waals surface area contributed by atoms with Crippen molar-refractivity contribution in [3.05, 3.63) is 35.9 Å². The van der Waals surface area contributed by atoms with E-state index >= 15 is 0 Å². The third kappa shape index (κ3) is 3.87. The highest BCUT2D eigenvalue weighted by molar-refractivity contribution is 5.48. The average molecular weight is 341 g/mol. The minimum Gasteiger partial charge on any atom is -0.493 e. The van der Waals surface area contributed by atoms with E-state index in [1.54, 1.807) is 7.11 Å². The number of methoxy groups -OCH3 is 1. The van der Waals surface area contributed by atoms with Gasteiger partial charge in [-0.2, -0.15) is 10.2 Å². The zero-order valence-electron chi connectivity index (χ0n) is 14.9. The van der Waals surface area contributed by atoms with Crippen LogP contribution in [0.25, 0.3) is 0 Å². The minimum absolute atomic E-state index is 0.147. The molecule has 2 aromatic rings. The molecular weight excluding hydrogens is 318 g/mol. The van der Waals surface area contributed by atoms with Crippen LogP contribution in [0.4, 0.5) is 5.88 Å². The Hall–Kier alpha value is -2.68. The fourth-order valence-electron chi connectivity index (χ4n) is 3.41. The highest BCUT2D eigenvalue weighted by Crippen LogP contribution is 2.31. The van der Waals surface area contributed by atoms with Crippen LogP contribution in [0.1, 0.15) is 31.9 Å². The lowest BCUT2D eigenvalue weighted by Crippen LogP contribution is -2.38. The molecule has 1 aromatic heterocycles. The van der Waals surface area contributed by atoms with Gasteiger partial charge in [0.25, 0.3) is 0 Å². The lowest BCUT2D eigenvalue weighted by molar-refractivity contribution is 0.248. The largest absolute Gasteiger partial charge is 0.493 e. The molecule has 1 saturated heterocycles. The molecule has 0 saturated carbocycles. The number of hydrogen-bond donors (Lipinski definition) is 0. The maximum atomic E-state index is 9.40. The molecule has 25 heavy (non-hydrogen) atoms. The second kappa shape index (κ2) is 7.47. The number of benzene rings is 1. The van der Waals surface area contributed by atoms with Gasteiger partial charge >= 0.3 is 0 Å². The fourth-order valence-corrected chi connectivity index (χ4v) is 3.41. The number of oxazole rings is 1. The predicted octanol–water partition coefficient (Wildman–Crippen LogP) is 3.62. The lowest BCUT2D eigenvalue weighted by Gasteiger charge is -2.34. The first-order valence-corrected chi connectivity index (χ1v) is 8.51. The number of nitrogens with zero attached hydrogens (tertiary/aromatic N) is 3. The number of para-hydroxylation sites is 2. The molecule has 132 valence electrons. The SMILES string of the molecule is COc1ccccc1OCc1nc(C#N)c(N2C[C@H](C)C[C@H](C)C2)o1. The van der Waals surface area contributed by atoms with Gasteiger partial charge in [0.05, 0.1) is 7.11 Å². The number of piperidine rings is 1. The van der Waals surface area contributed by atoms with Gasteiger partial charge in [-0.1, -0.05) is 26.0 Å². The third-order valence-electron chi connectivity index (χ3n) is 4.34. The predicted molar refractivity (Wildman–Crippen MR) is 93.7 cm³/mol. The van der Waals surface area contributed by atoms with Gasteiger partial charge in [0.15, 0.2) is 18.1 Å². The van der Waals surface area contributed by atoms with Crippen LogP contribution in [-0.4, -0.2) is 25.2 Å². The van der Waals surface area contributed by atoms with Crippen molar-refractivity contribution in [3.63, 3.8) is 0 Å². The molecule has 0 radical (unpaired) electrons. The fraction of sp³-hybridized carbons (Fsp3) is 0.474. The molecular formula is C19H23N3O3. The molecule has 1 fully saturated rings. The summed E-state index contributed by atoms with van der Waals surface area (Å²) >= 11 is 0. The Bertz CT molecular complexity index is 756. The van der Waals surface area contributed by atoms with Gasteiger partial charge in [0.2, 0.25) is 17.5 Å². The van der Waals surface area contributed by atoms with E-state index in [1.165, 1.54) is 6.42 Å². The van der Waals surface area contributed by atoms with E-state index < -0.39 is 0 Å². The summed E-state index contributed by atoms with van der Waals surface area (Å²) in [7, 11) is 1.60. The van der Waals surface area contributed by atoms with Crippen molar-refractivity contribution in [2.24, 2.45) is 11.8 Å². The van der Waals surface area contributed by atoms with E-state index in [2.05, 4.69) is 29.8 Å². The summed E-state index contributed by atoms with van der Waals surface area (Å²) in [5.41, 5.74) is 0.319. The van der Waals surface area contributed by atoms with Crippen molar-refractivity contribution in [1.82, 2.24) is 4.98 Å². The summed E-state index contributed by atoms with van der Waals surface area (Å²) in [5, 5.41) is 9.40. The summed E-state index contributed by atoms with van der Waals surface area (Å²) < 4.78 is 16.9. The Labute approximate surface area is 148 Å². The van der Waals surface area contributed by atoms with Crippen molar-refractivity contribution in [3.8, 4) is 17.6 Å². The summed E-state index contributed by atoms with van der Waals surface area (Å²) in [5.74, 6) is 3.34. The van der Waals surface area contributed by atoms with Gasteiger partial charge in [-0.3, -0.25) is 0 Å². The maximum Gasteiger partial charge on any atom is 0.236 e. The molecule has 0 amide bonds. The lowest BCUT2D eigenvalue weighted by atomic mass is 9.92. The topological polar surface area (TPSA) is 71.5 Å². The molecule has 6 nitrogen and oxygen atoms in total. The second-order valence-electron chi connectivity index (χ2n) is 6.66.